The van der Waals surface area contributed by atoms with Crippen LogP contribution in [0.3, 0.4) is 0 Å². The first kappa shape index (κ1) is 12.3. The molecule has 1 heterocycles. The maximum atomic E-state index is 11.1. The molecule has 4 heteroatoms. The molecule has 0 spiro atoms. The molecule has 3 nitrogen and oxygen atoms in total. The van der Waals surface area contributed by atoms with Gasteiger partial charge in [-0.3, -0.25) is 9.19 Å². The summed E-state index contributed by atoms with van der Waals surface area (Å²) in [6.45, 7) is 5.52. The van der Waals surface area contributed by atoms with Crippen LogP contribution in [-0.4, -0.2) is 27.2 Å². The van der Waals surface area contributed by atoms with Gasteiger partial charge in [0.1, 0.15) is 0 Å². The Bertz CT molecular complexity index is 311. The van der Waals surface area contributed by atoms with Crippen molar-refractivity contribution >= 4 is 10.8 Å². The molecule has 1 atom stereocenters. The predicted molar refractivity (Wildman–Crippen MR) is 64.2 cm³/mol. The molecule has 1 aromatic rings. The van der Waals surface area contributed by atoms with E-state index in [0.717, 1.165) is 30.3 Å². The van der Waals surface area contributed by atoms with E-state index in [1.54, 1.807) is 0 Å². The zero-order valence-corrected chi connectivity index (χ0v) is 10.1. The van der Waals surface area contributed by atoms with Crippen LogP contribution in [0.25, 0.3) is 0 Å². The molecule has 15 heavy (non-hydrogen) atoms. The summed E-state index contributed by atoms with van der Waals surface area (Å²) in [7, 11) is -0.667. The van der Waals surface area contributed by atoms with Crippen LogP contribution in [0.15, 0.2) is 18.3 Å². The number of pyridine rings is 1. The molecule has 0 amide bonds. The van der Waals surface area contributed by atoms with Gasteiger partial charge in [-0.15, -0.1) is 0 Å². The highest BCUT2D eigenvalue weighted by molar-refractivity contribution is 7.84. The van der Waals surface area contributed by atoms with Gasteiger partial charge in [0.2, 0.25) is 0 Å². The van der Waals surface area contributed by atoms with Crippen molar-refractivity contribution in [2.24, 2.45) is 0 Å². The zero-order chi connectivity index (χ0) is 11.1. The largest absolute Gasteiger partial charge is 0.312 e. The number of nitrogens with zero attached hydrogens (tertiary/aromatic N) is 1. The highest BCUT2D eigenvalue weighted by Gasteiger charge is 1.96. The van der Waals surface area contributed by atoms with E-state index in [0.29, 0.717) is 0 Å². The van der Waals surface area contributed by atoms with Crippen LogP contribution in [0.1, 0.15) is 18.2 Å². The van der Waals surface area contributed by atoms with Crippen LogP contribution in [0, 0.1) is 6.92 Å². The monoisotopic (exact) mass is 226 g/mol. The van der Waals surface area contributed by atoms with E-state index in [2.05, 4.69) is 16.4 Å². The lowest BCUT2D eigenvalue weighted by molar-refractivity contribution is 0.673. The van der Waals surface area contributed by atoms with Crippen LogP contribution < -0.4 is 5.32 Å². The minimum absolute atomic E-state index is 0.667. The average Bonchev–Trinajstić information content (AvgIpc) is 2.26. The van der Waals surface area contributed by atoms with Crippen LogP contribution in [-0.2, 0) is 17.3 Å². The SMILES string of the molecule is CCS(=O)CCNCc1ccc(C)nc1. The fraction of sp³-hybridized carbons (Fsp3) is 0.545. The molecule has 0 aliphatic carbocycles. The fourth-order valence-electron chi connectivity index (χ4n) is 1.17. The second-order valence-electron chi connectivity index (χ2n) is 3.42. The van der Waals surface area contributed by atoms with Gasteiger partial charge in [-0.05, 0) is 18.6 Å². The fourth-order valence-corrected chi connectivity index (χ4v) is 1.83. The van der Waals surface area contributed by atoms with Crippen LogP contribution in [0.4, 0.5) is 0 Å². The Morgan fingerprint density at radius 2 is 2.27 bits per heavy atom. The molecule has 0 aliphatic heterocycles. The Morgan fingerprint density at radius 1 is 1.47 bits per heavy atom. The third kappa shape index (κ3) is 5.04. The van der Waals surface area contributed by atoms with Gasteiger partial charge in [0.15, 0.2) is 0 Å². The predicted octanol–water partition coefficient (Wildman–Crippen LogP) is 1.25. The van der Waals surface area contributed by atoms with Gasteiger partial charge >= 0.3 is 0 Å². The number of rotatable bonds is 6. The Kier molecular flexibility index (Phi) is 5.50. The van der Waals surface area contributed by atoms with E-state index >= 15 is 0 Å². The van der Waals surface area contributed by atoms with E-state index in [1.807, 2.05) is 26.1 Å². The molecule has 0 fully saturated rings. The Labute approximate surface area is 93.8 Å². The number of aromatic nitrogens is 1. The molecule has 0 saturated heterocycles. The number of hydrogen-bond donors (Lipinski definition) is 1. The molecule has 0 aromatic carbocycles. The lowest BCUT2D eigenvalue weighted by Crippen LogP contribution is -2.20. The minimum Gasteiger partial charge on any atom is -0.312 e. The van der Waals surface area contributed by atoms with Gasteiger partial charge in [-0.1, -0.05) is 13.0 Å². The molecule has 0 bridgehead atoms. The number of aryl methyl sites for hydroxylation is 1. The molecule has 0 radical (unpaired) electrons. The molecule has 1 unspecified atom stereocenters. The van der Waals surface area contributed by atoms with Gasteiger partial charge in [0.05, 0.1) is 0 Å². The van der Waals surface area contributed by atoms with Crippen LogP contribution in [0.5, 0.6) is 0 Å². The van der Waals surface area contributed by atoms with Crippen molar-refractivity contribution in [3.63, 3.8) is 0 Å². The summed E-state index contributed by atoms with van der Waals surface area (Å²) in [5.41, 5.74) is 2.20. The summed E-state index contributed by atoms with van der Waals surface area (Å²) in [6.07, 6.45) is 1.87. The van der Waals surface area contributed by atoms with E-state index < -0.39 is 10.8 Å². The first-order valence-corrected chi connectivity index (χ1v) is 6.68. The molecule has 1 N–H and O–H groups in total. The average molecular weight is 226 g/mol. The Morgan fingerprint density at radius 3 is 2.87 bits per heavy atom. The first-order valence-electron chi connectivity index (χ1n) is 5.19. The standard InChI is InChI=1S/C11H18N2OS/c1-3-15(14)7-6-12-8-11-5-4-10(2)13-9-11/h4-5,9,12H,3,6-8H2,1-2H3. The topological polar surface area (TPSA) is 42.0 Å². The van der Waals surface area contributed by atoms with Gasteiger partial charge < -0.3 is 5.32 Å². The van der Waals surface area contributed by atoms with Gasteiger partial charge in [0, 0.05) is 47.3 Å². The van der Waals surface area contributed by atoms with Crippen molar-refractivity contribution in [1.29, 1.82) is 0 Å². The lowest BCUT2D eigenvalue weighted by atomic mass is 10.2. The lowest BCUT2D eigenvalue weighted by Gasteiger charge is -2.04. The van der Waals surface area contributed by atoms with Crippen molar-refractivity contribution < 1.29 is 4.21 Å². The van der Waals surface area contributed by atoms with E-state index in [9.17, 15) is 4.21 Å². The van der Waals surface area contributed by atoms with Crippen LogP contribution >= 0.6 is 0 Å². The third-order valence-corrected chi connectivity index (χ3v) is 3.43. The van der Waals surface area contributed by atoms with Crippen molar-refractivity contribution in [2.45, 2.75) is 20.4 Å². The molecule has 1 aromatic heterocycles. The normalized spacial score (nSPS) is 12.7. The van der Waals surface area contributed by atoms with Crippen molar-refractivity contribution in [2.75, 3.05) is 18.1 Å². The van der Waals surface area contributed by atoms with Gasteiger partial charge in [-0.2, -0.15) is 0 Å². The maximum absolute atomic E-state index is 11.1. The summed E-state index contributed by atoms with van der Waals surface area (Å²) in [6, 6.07) is 4.06. The molecule has 1 rings (SSSR count). The van der Waals surface area contributed by atoms with Crippen LogP contribution in [0.2, 0.25) is 0 Å². The smallest absolute Gasteiger partial charge is 0.0372 e. The van der Waals surface area contributed by atoms with Crippen molar-refractivity contribution in [3.05, 3.63) is 29.6 Å². The molecular weight excluding hydrogens is 208 g/mol. The molecular formula is C11H18N2OS. The minimum atomic E-state index is -0.667. The van der Waals surface area contributed by atoms with Crippen molar-refractivity contribution in [3.8, 4) is 0 Å². The summed E-state index contributed by atoms with van der Waals surface area (Å²) in [5.74, 6) is 1.48. The Balaban J connectivity index is 2.20. The van der Waals surface area contributed by atoms with Crippen molar-refractivity contribution in [1.82, 2.24) is 10.3 Å². The van der Waals surface area contributed by atoms with E-state index in [-0.39, 0.29) is 0 Å². The first-order chi connectivity index (χ1) is 7.22. The highest BCUT2D eigenvalue weighted by Crippen LogP contribution is 1.98. The van der Waals surface area contributed by atoms with Gasteiger partial charge in [0.25, 0.3) is 0 Å². The maximum Gasteiger partial charge on any atom is 0.0372 e. The highest BCUT2D eigenvalue weighted by atomic mass is 32.2. The van der Waals surface area contributed by atoms with E-state index in [1.165, 1.54) is 5.56 Å². The zero-order valence-electron chi connectivity index (χ0n) is 9.32. The number of nitrogens with one attached hydrogen (secondary N) is 1. The Hall–Kier alpha value is -0.740. The molecule has 84 valence electrons. The third-order valence-electron chi connectivity index (χ3n) is 2.13. The summed E-state index contributed by atoms with van der Waals surface area (Å²) >= 11 is 0. The van der Waals surface area contributed by atoms with E-state index in [4.69, 9.17) is 0 Å². The summed E-state index contributed by atoms with van der Waals surface area (Å²) < 4.78 is 11.1. The summed E-state index contributed by atoms with van der Waals surface area (Å²) in [4.78, 5) is 4.21. The molecule has 0 aliphatic rings. The molecule has 0 saturated carbocycles. The quantitative estimate of drug-likeness (QED) is 0.742. The summed E-state index contributed by atoms with van der Waals surface area (Å²) in [5, 5.41) is 3.25. The van der Waals surface area contributed by atoms with Gasteiger partial charge in [-0.25, -0.2) is 0 Å². The number of hydrogen-bond acceptors (Lipinski definition) is 3. The second-order valence-corrected chi connectivity index (χ2v) is 5.28. The second kappa shape index (κ2) is 6.69.